The van der Waals surface area contributed by atoms with Crippen LogP contribution in [-0.4, -0.2) is 18.2 Å². The minimum Gasteiger partial charge on any atom is -0.351 e. The summed E-state index contributed by atoms with van der Waals surface area (Å²) < 4.78 is 12.7. The molecule has 0 atom stereocenters. The van der Waals surface area contributed by atoms with Crippen molar-refractivity contribution < 1.29 is 9.18 Å². The second kappa shape index (κ2) is 7.31. The van der Waals surface area contributed by atoms with E-state index in [-0.39, 0.29) is 11.7 Å². The molecule has 0 bridgehead atoms. The summed E-state index contributed by atoms with van der Waals surface area (Å²) in [6.07, 6.45) is 0.888. The lowest BCUT2D eigenvalue weighted by Gasteiger charge is -2.04. The zero-order valence-electron chi connectivity index (χ0n) is 10.3. The molecule has 0 spiro atoms. The SMILES string of the molecule is O=C(NCCCSc1ccc(F)cc1)c1cccs1. The van der Waals surface area contributed by atoms with Crippen molar-refractivity contribution in [3.05, 3.63) is 52.5 Å². The quantitative estimate of drug-likeness (QED) is 0.649. The number of hydrogen-bond donors (Lipinski definition) is 1. The summed E-state index contributed by atoms with van der Waals surface area (Å²) in [5.41, 5.74) is 0. The summed E-state index contributed by atoms with van der Waals surface area (Å²) in [4.78, 5) is 13.4. The van der Waals surface area contributed by atoms with Gasteiger partial charge in [0.1, 0.15) is 5.82 Å². The van der Waals surface area contributed by atoms with Gasteiger partial charge in [0.15, 0.2) is 0 Å². The van der Waals surface area contributed by atoms with Crippen LogP contribution in [-0.2, 0) is 0 Å². The number of thiophene rings is 1. The van der Waals surface area contributed by atoms with Gasteiger partial charge in [-0.05, 0) is 47.9 Å². The average Bonchev–Trinajstić information content (AvgIpc) is 2.94. The van der Waals surface area contributed by atoms with Gasteiger partial charge < -0.3 is 5.32 Å². The van der Waals surface area contributed by atoms with Gasteiger partial charge in [-0.2, -0.15) is 0 Å². The first-order chi connectivity index (χ1) is 9.25. The first-order valence-electron chi connectivity index (χ1n) is 5.96. The Morgan fingerprint density at radius 3 is 2.74 bits per heavy atom. The monoisotopic (exact) mass is 295 g/mol. The molecule has 19 heavy (non-hydrogen) atoms. The van der Waals surface area contributed by atoms with Crippen LogP contribution in [0.1, 0.15) is 16.1 Å². The van der Waals surface area contributed by atoms with Gasteiger partial charge in [0.2, 0.25) is 0 Å². The number of carbonyl (C=O) groups is 1. The third-order valence-corrected chi connectivity index (χ3v) is 4.40. The van der Waals surface area contributed by atoms with Crippen LogP contribution in [0.3, 0.4) is 0 Å². The highest BCUT2D eigenvalue weighted by atomic mass is 32.2. The summed E-state index contributed by atoms with van der Waals surface area (Å²) in [5.74, 6) is 0.672. The Morgan fingerprint density at radius 2 is 2.05 bits per heavy atom. The van der Waals surface area contributed by atoms with Crippen LogP contribution < -0.4 is 5.32 Å². The normalized spacial score (nSPS) is 10.4. The molecule has 2 nitrogen and oxygen atoms in total. The van der Waals surface area contributed by atoms with Gasteiger partial charge in [-0.1, -0.05) is 6.07 Å². The predicted molar refractivity (Wildman–Crippen MR) is 78.4 cm³/mol. The van der Waals surface area contributed by atoms with Crippen LogP contribution >= 0.6 is 23.1 Å². The fraction of sp³-hybridized carbons (Fsp3) is 0.214. The zero-order valence-corrected chi connectivity index (χ0v) is 11.9. The lowest BCUT2D eigenvalue weighted by atomic mass is 10.4. The third-order valence-electron chi connectivity index (χ3n) is 2.43. The largest absolute Gasteiger partial charge is 0.351 e. The number of carbonyl (C=O) groups excluding carboxylic acids is 1. The molecule has 1 aromatic heterocycles. The van der Waals surface area contributed by atoms with E-state index in [0.29, 0.717) is 6.54 Å². The van der Waals surface area contributed by atoms with E-state index in [0.717, 1.165) is 21.9 Å². The van der Waals surface area contributed by atoms with Crippen molar-refractivity contribution in [3.8, 4) is 0 Å². The molecule has 0 aliphatic carbocycles. The maximum absolute atomic E-state index is 12.7. The van der Waals surface area contributed by atoms with Crippen LogP contribution in [0.5, 0.6) is 0 Å². The molecule has 0 aliphatic heterocycles. The summed E-state index contributed by atoms with van der Waals surface area (Å²) in [5, 5.41) is 4.77. The van der Waals surface area contributed by atoms with Gasteiger partial charge in [0, 0.05) is 11.4 Å². The minimum absolute atomic E-state index is 0.0122. The van der Waals surface area contributed by atoms with Crippen LogP contribution in [0.4, 0.5) is 4.39 Å². The first-order valence-corrected chi connectivity index (χ1v) is 7.82. The number of halogens is 1. The molecule has 0 saturated carbocycles. The number of nitrogens with one attached hydrogen (secondary N) is 1. The number of amides is 1. The second-order valence-electron chi connectivity index (χ2n) is 3.89. The van der Waals surface area contributed by atoms with Crippen molar-refractivity contribution >= 4 is 29.0 Å². The van der Waals surface area contributed by atoms with Crippen LogP contribution in [0.2, 0.25) is 0 Å². The fourth-order valence-electron chi connectivity index (χ4n) is 1.49. The highest BCUT2D eigenvalue weighted by molar-refractivity contribution is 7.99. The summed E-state index contributed by atoms with van der Waals surface area (Å²) in [6, 6.07) is 10.1. The molecule has 0 saturated heterocycles. The van der Waals surface area contributed by atoms with E-state index in [1.54, 1.807) is 23.9 Å². The van der Waals surface area contributed by atoms with E-state index < -0.39 is 0 Å². The van der Waals surface area contributed by atoms with Crippen molar-refractivity contribution in [2.75, 3.05) is 12.3 Å². The van der Waals surface area contributed by atoms with Gasteiger partial charge in [0.05, 0.1) is 4.88 Å². The molecule has 2 aromatic rings. The molecular formula is C14H14FNOS2. The lowest BCUT2D eigenvalue weighted by Crippen LogP contribution is -2.23. The van der Waals surface area contributed by atoms with Gasteiger partial charge in [-0.15, -0.1) is 23.1 Å². The second-order valence-corrected chi connectivity index (χ2v) is 6.01. The van der Waals surface area contributed by atoms with Crippen molar-refractivity contribution in [2.24, 2.45) is 0 Å². The standard InChI is InChI=1S/C14H14FNOS2/c15-11-4-6-12(7-5-11)18-10-2-8-16-14(17)13-3-1-9-19-13/h1,3-7,9H,2,8,10H2,(H,16,17). The summed E-state index contributed by atoms with van der Waals surface area (Å²) >= 11 is 3.10. The first kappa shape index (κ1) is 14.1. The van der Waals surface area contributed by atoms with Crippen molar-refractivity contribution in [1.29, 1.82) is 0 Å². The van der Waals surface area contributed by atoms with Gasteiger partial charge in [-0.25, -0.2) is 4.39 Å². The Hall–Kier alpha value is -1.33. The minimum atomic E-state index is -0.215. The van der Waals surface area contributed by atoms with Crippen molar-refractivity contribution in [3.63, 3.8) is 0 Å². The molecule has 1 N–H and O–H groups in total. The Bertz CT molecular complexity index is 511. The van der Waals surface area contributed by atoms with Crippen LogP contribution in [0.25, 0.3) is 0 Å². The van der Waals surface area contributed by atoms with E-state index in [4.69, 9.17) is 0 Å². The highest BCUT2D eigenvalue weighted by Gasteiger charge is 2.04. The Morgan fingerprint density at radius 1 is 1.26 bits per heavy atom. The van der Waals surface area contributed by atoms with Crippen LogP contribution in [0.15, 0.2) is 46.7 Å². The lowest BCUT2D eigenvalue weighted by molar-refractivity contribution is 0.0958. The fourth-order valence-corrected chi connectivity index (χ4v) is 2.98. The molecule has 5 heteroatoms. The van der Waals surface area contributed by atoms with Gasteiger partial charge in [-0.3, -0.25) is 4.79 Å². The molecule has 2 rings (SSSR count). The Labute approximate surface area is 120 Å². The zero-order chi connectivity index (χ0) is 13.5. The van der Waals surface area contributed by atoms with E-state index in [1.165, 1.54) is 23.5 Å². The molecule has 0 aliphatic rings. The smallest absolute Gasteiger partial charge is 0.261 e. The van der Waals surface area contributed by atoms with Gasteiger partial charge >= 0.3 is 0 Å². The average molecular weight is 295 g/mol. The maximum Gasteiger partial charge on any atom is 0.261 e. The van der Waals surface area contributed by atoms with E-state index in [1.807, 2.05) is 17.5 Å². The number of thioether (sulfide) groups is 1. The number of hydrogen-bond acceptors (Lipinski definition) is 3. The molecule has 1 heterocycles. The molecule has 1 aromatic carbocycles. The van der Waals surface area contributed by atoms with E-state index >= 15 is 0 Å². The molecule has 100 valence electrons. The highest BCUT2D eigenvalue weighted by Crippen LogP contribution is 2.18. The predicted octanol–water partition coefficient (Wildman–Crippen LogP) is 3.80. The molecule has 1 amide bonds. The van der Waals surface area contributed by atoms with Gasteiger partial charge in [0.25, 0.3) is 5.91 Å². The number of rotatable bonds is 6. The molecule has 0 unspecified atom stereocenters. The van der Waals surface area contributed by atoms with E-state index in [2.05, 4.69) is 5.32 Å². The summed E-state index contributed by atoms with van der Waals surface area (Å²) in [7, 11) is 0. The molecular weight excluding hydrogens is 281 g/mol. The Kier molecular flexibility index (Phi) is 5.42. The van der Waals surface area contributed by atoms with Crippen molar-refractivity contribution in [2.45, 2.75) is 11.3 Å². The summed E-state index contributed by atoms with van der Waals surface area (Å²) in [6.45, 7) is 0.658. The van der Waals surface area contributed by atoms with Crippen molar-refractivity contribution in [1.82, 2.24) is 5.32 Å². The Balaban J connectivity index is 1.62. The number of benzene rings is 1. The van der Waals surface area contributed by atoms with E-state index in [9.17, 15) is 9.18 Å². The topological polar surface area (TPSA) is 29.1 Å². The maximum atomic E-state index is 12.7. The molecule has 0 radical (unpaired) electrons. The third kappa shape index (κ3) is 4.69. The van der Waals surface area contributed by atoms with Crippen LogP contribution in [0, 0.1) is 5.82 Å². The molecule has 0 fully saturated rings.